The third kappa shape index (κ3) is 3.36. The summed E-state index contributed by atoms with van der Waals surface area (Å²) in [6, 6.07) is 8.58. The second-order valence-electron chi connectivity index (χ2n) is 5.35. The molecule has 4 heteroatoms. The summed E-state index contributed by atoms with van der Waals surface area (Å²) in [5.74, 6) is -0.102. The van der Waals surface area contributed by atoms with Crippen molar-refractivity contribution in [1.29, 1.82) is 0 Å². The van der Waals surface area contributed by atoms with E-state index in [1.807, 2.05) is 25.7 Å². The molecule has 0 aliphatic heterocycles. The molecular weight excluding hydrogens is 270 g/mol. The van der Waals surface area contributed by atoms with E-state index in [2.05, 4.69) is 36.5 Å². The Morgan fingerprint density at radius 2 is 2.15 bits per heavy atom. The van der Waals surface area contributed by atoms with Crippen LogP contribution in [0.15, 0.2) is 29.2 Å². The van der Waals surface area contributed by atoms with E-state index < -0.39 is 5.54 Å². The van der Waals surface area contributed by atoms with Crippen LogP contribution in [0.2, 0.25) is 0 Å². The van der Waals surface area contributed by atoms with Crippen LogP contribution in [0.25, 0.3) is 0 Å². The van der Waals surface area contributed by atoms with Crippen LogP contribution in [0.3, 0.4) is 0 Å². The number of aryl methyl sites for hydroxylation is 1. The summed E-state index contributed by atoms with van der Waals surface area (Å²) in [7, 11) is 1.86. The summed E-state index contributed by atoms with van der Waals surface area (Å²) in [6.07, 6.45) is 2.73. The number of hydrogen-bond donors (Lipinski definition) is 1. The molecule has 2 atom stereocenters. The molecule has 0 radical (unpaired) electrons. The zero-order valence-electron chi connectivity index (χ0n) is 12.4. The van der Waals surface area contributed by atoms with Crippen LogP contribution in [-0.4, -0.2) is 30.4 Å². The van der Waals surface area contributed by atoms with E-state index in [9.17, 15) is 4.79 Å². The van der Waals surface area contributed by atoms with E-state index in [4.69, 9.17) is 4.74 Å². The van der Waals surface area contributed by atoms with Gasteiger partial charge in [-0.3, -0.25) is 4.79 Å². The fourth-order valence-corrected chi connectivity index (χ4v) is 3.98. The largest absolute Gasteiger partial charge is 0.465 e. The van der Waals surface area contributed by atoms with Crippen molar-refractivity contribution in [3.8, 4) is 0 Å². The fourth-order valence-electron chi connectivity index (χ4n) is 2.69. The van der Waals surface area contributed by atoms with Crippen LogP contribution in [-0.2, 0) is 9.53 Å². The van der Waals surface area contributed by atoms with Crippen molar-refractivity contribution >= 4 is 17.7 Å². The highest BCUT2D eigenvalue weighted by molar-refractivity contribution is 8.00. The third-order valence-electron chi connectivity index (χ3n) is 3.94. The minimum absolute atomic E-state index is 0.102. The molecule has 2 rings (SSSR count). The fraction of sp³-hybridized carbons (Fsp3) is 0.562. The maximum Gasteiger partial charge on any atom is 0.326 e. The summed E-state index contributed by atoms with van der Waals surface area (Å²) < 4.78 is 5.22. The molecule has 1 aliphatic rings. The SMILES string of the molecule is CCOC(=O)C1(NC)CCC(Sc2ccc(C)cc2)C1. The number of esters is 1. The molecule has 0 heterocycles. The van der Waals surface area contributed by atoms with E-state index in [0.717, 1.165) is 19.3 Å². The highest BCUT2D eigenvalue weighted by atomic mass is 32.2. The minimum Gasteiger partial charge on any atom is -0.465 e. The lowest BCUT2D eigenvalue weighted by Gasteiger charge is -2.26. The van der Waals surface area contributed by atoms with Gasteiger partial charge < -0.3 is 10.1 Å². The van der Waals surface area contributed by atoms with Gasteiger partial charge in [-0.25, -0.2) is 0 Å². The van der Waals surface area contributed by atoms with Gasteiger partial charge in [0.15, 0.2) is 0 Å². The summed E-state index contributed by atoms with van der Waals surface area (Å²) >= 11 is 1.87. The first-order valence-corrected chi connectivity index (χ1v) is 8.07. The Balaban J connectivity index is 2.00. The molecule has 3 nitrogen and oxygen atoms in total. The second-order valence-corrected chi connectivity index (χ2v) is 6.72. The van der Waals surface area contributed by atoms with Gasteiger partial charge in [0.05, 0.1) is 6.61 Å². The molecule has 1 aliphatic carbocycles. The topological polar surface area (TPSA) is 38.3 Å². The van der Waals surface area contributed by atoms with Gasteiger partial charge >= 0.3 is 5.97 Å². The Bertz CT molecular complexity index is 460. The number of benzene rings is 1. The predicted octanol–water partition coefficient (Wildman–Crippen LogP) is 3.16. The van der Waals surface area contributed by atoms with Gasteiger partial charge in [-0.15, -0.1) is 11.8 Å². The minimum atomic E-state index is -0.488. The Labute approximate surface area is 125 Å². The number of carbonyl (C=O) groups is 1. The van der Waals surface area contributed by atoms with Crippen LogP contribution >= 0.6 is 11.8 Å². The molecule has 20 heavy (non-hydrogen) atoms. The molecular formula is C16H23NO2S. The monoisotopic (exact) mass is 293 g/mol. The lowest BCUT2D eigenvalue weighted by atomic mass is 9.98. The molecule has 1 fully saturated rings. The first-order chi connectivity index (χ1) is 9.59. The molecule has 2 unspecified atom stereocenters. The van der Waals surface area contributed by atoms with E-state index >= 15 is 0 Å². The molecule has 1 N–H and O–H groups in total. The van der Waals surface area contributed by atoms with E-state index in [1.165, 1.54) is 10.5 Å². The average molecular weight is 293 g/mol. The summed E-state index contributed by atoms with van der Waals surface area (Å²) in [5.41, 5.74) is 0.787. The number of carbonyl (C=O) groups excluding carboxylic acids is 1. The second kappa shape index (κ2) is 6.64. The van der Waals surface area contributed by atoms with Crippen LogP contribution in [0.4, 0.5) is 0 Å². The van der Waals surface area contributed by atoms with Crippen LogP contribution in [0, 0.1) is 6.92 Å². The molecule has 1 saturated carbocycles. The number of rotatable bonds is 5. The lowest BCUT2D eigenvalue weighted by molar-refractivity contribution is -0.150. The Kier molecular flexibility index (Phi) is 5.11. The number of hydrogen-bond acceptors (Lipinski definition) is 4. The normalized spacial score (nSPS) is 25.6. The predicted molar refractivity (Wildman–Crippen MR) is 83.1 cm³/mol. The summed E-state index contributed by atoms with van der Waals surface area (Å²) in [5, 5.41) is 3.67. The molecule has 110 valence electrons. The number of thioether (sulfide) groups is 1. The summed E-state index contributed by atoms with van der Waals surface area (Å²) in [6.45, 7) is 4.39. The highest BCUT2D eigenvalue weighted by Crippen LogP contribution is 2.40. The maximum absolute atomic E-state index is 12.1. The Morgan fingerprint density at radius 3 is 2.75 bits per heavy atom. The van der Waals surface area contributed by atoms with Gasteiger partial charge in [0.2, 0.25) is 0 Å². The van der Waals surface area contributed by atoms with Crippen LogP contribution in [0.1, 0.15) is 31.7 Å². The van der Waals surface area contributed by atoms with E-state index in [1.54, 1.807) is 0 Å². The van der Waals surface area contributed by atoms with Crippen molar-refractivity contribution in [3.05, 3.63) is 29.8 Å². The standard InChI is InChI=1S/C16H23NO2S/c1-4-19-15(18)16(17-3)10-9-14(11-16)20-13-7-5-12(2)6-8-13/h5-8,14,17H,4,9-11H2,1-3H3. The molecule has 1 aromatic rings. The van der Waals surface area contributed by atoms with Crippen LogP contribution in [0.5, 0.6) is 0 Å². The Hall–Kier alpha value is -1.00. The van der Waals surface area contributed by atoms with Crippen molar-refractivity contribution in [2.24, 2.45) is 0 Å². The average Bonchev–Trinajstić information content (AvgIpc) is 2.86. The highest BCUT2D eigenvalue weighted by Gasteiger charge is 2.45. The van der Waals surface area contributed by atoms with Gasteiger partial charge in [-0.05, 0) is 52.3 Å². The van der Waals surface area contributed by atoms with Gasteiger partial charge in [-0.1, -0.05) is 17.7 Å². The zero-order valence-corrected chi connectivity index (χ0v) is 13.3. The number of likely N-dealkylation sites (N-methyl/N-ethyl adjacent to an activating group) is 1. The quantitative estimate of drug-likeness (QED) is 0.846. The molecule has 0 bridgehead atoms. The maximum atomic E-state index is 12.1. The number of ether oxygens (including phenoxy) is 1. The smallest absolute Gasteiger partial charge is 0.326 e. The first-order valence-electron chi connectivity index (χ1n) is 7.19. The Morgan fingerprint density at radius 1 is 1.45 bits per heavy atom. The van der Waals surface area contributed by atoms with Crippen molar-refractivity contribution < 1.29 is 9.53 Å². The molecule has 1 aromatic carbocycles. The van der Waals surface area contributed by atoms with Crippen LogP contribution < -0.4 is 5.32 Å². The molecule has 0 aromatic heterocycles. The zero-order chi connectivity index (χ0) is 14.6. The van der Waals surface area contributed by atoms with Gasteiger partial charge in [0.25, 0.3) is 0 Å². The van der Waals surface area contributed by atoms with Gasteiger partial charge in [-0.2, -0.15) is 0 Å². The van der Waals surface area contributed by atoms with Crippen molar-refractivity contribution in [3.63, 3.8) is 0 Å². The van der Waals surface area contributed by atoms with Gasteiger partial charge in [0, 0.05) is 10.1 Å². The molecule has 0 saturated heterocycles. The van der Waals surface area contributed by atoms with E-state index in [-0.39, 0.29) is 5.97 Å². The van der Waals surface area contributed by atoms with Gasteiger partial charge in [0.1, 0.15) is 5.54 Å². The molecule has 0 spiro atoms. The van der Waals surface area contributed by atoms with E-state index in [0.29, 0.717) is 11.9 Å². The van der Waals surface area contributed by atoms with Crippen molar-refractivity contribution in [2.45, 2.75) is 48.8 Å². The summed E-state index contributed by atoms with van der Waals surface area (Å²) in [4.78, 5) is 13.4. The number of nitrogens with one attached hydrogen (secondary N) is 1. The third-order valence-corrected chi connectivity index (χ3v) is 5.22. The van der Waals surface area contributed by atoms with Crippen molar-refractivity contribution in [1.82, 2.24) is 5.32 Å². The molecule has 0 amide bonds. The first kappa shape index (κ1) is 15.4. The lowest BCUT2D eigenvalue weighted by Crippen LogP contribution is -2.49. The van der Waals surface area contributed by atoms with Crippen molar-refractivity contribution in [2.75, 3.05) is 13.7 Å².